The zero-order chi connectivity index (χ0) is 26.3. The quantitative estimate of drug-likeness (QED) is 0.547. The van der Waals surface area contributed by atoms with Gasteiger partial charge in [-0.2, -0.15) is 0 Å². The Kier molecular flexibility index (Phi) is 6.60. The number of hydrogen-bond acceptors (Lipinski definition) is 4. The fourth-order valence-electron chi connectivity index (χ4n) is 5.71. The van der Waals surface area contributed by atoms with Crippen LogP contribution in [-0.4, -0.2) is 67.2 Å². The van der Waals surface area contributed by atoms with Crippen LogP contribution < -0.4 is 10.2 Å². The first-order chi connectivity index (χ1) is 17.8. The summed E-state index contributed by atoms with van der Waals surface area (Å²) in [5.74, 6) is -0.444. The molecule has 192 valence electrons. The van der Waals surface area contributed by atoms with Gasteiger partial charge >= 0.3 is 6.03 Å². The fourth-order valence-corrected chi connectivity index (χ4v) is 5.71. The van der Waals surface area contributed by atoms with E-state index in [0.29, 0.717) is 17.8 Å². The molecule has 0 bridgehead atoms. The normalized spacial score (nSPS) is 20.3. The minimum Gasteiger partial charge on any atom is -0.394 e. The third-order valence-corrected chi connectivity index (χ3v) is 7.54. The van der Waals surface area contributed by atoms with E-state index in [1.54, 1.807) is 42.1 Å². The van der Waals surface area contributed by atoms with Crippen LogP contribution in [0.5, 0.6) is 0 Å². The number of nitrogens with one attached hydrogen (secondary N) is 1. The lowest BCUT2D eigenvalue weighted by molar-refractivity contribution is 0.0827. The summed E-state index contributed by atoms with van der Waals surface area (Å²) in [6, 6.07) is 18.8. The molecule has 0 unspecified atom stereocenters. The van der Waals surface area contributed by atoms with Crippen LogP contribution in [0.15, 0.2) is 66.7 Å². The van der Waals surface area contributed by atoms with Crippen molar-refractivity contribution in [3.63, 3.8) is 0 Å². The maximum absolute atomic E-state index is 13.7. The van der Waals surface area contributed by atoms with E-state index >= 15 is 0 Å². The predicted octanol–water partition coefficient (Wildman–Crippen LogP) is 4.60. The molecule has 0 saturated carbocycles. The molecule has 3 atom stereocenters. The Bertz CT molecular complexity index is 1340. The molecular weight excluding hydrogens is 471 g/mol. The van der Waals surface area contributed by atoms with E-state index < -0.39 is 5.82 Å². The van der Waals surface area contributed by atoms with Gasteiger partial charge in [0.15, 0.2) is 0 Å². The Labute approximate surface area is 216 Å². The minimum absolute atomic E-state index is 0.0209. The van der Waals surface area contributed by atoms with Gasteiger partial charge in [0.05, 0.1) is 18.7 Å². The largest absolute Gasteiger partial charge is 0.394 e. The SMILES string of the molecule is CN(C)C(=O)c1cccc(-c2ccc3c(c2)[C@@H]2[C@@H](CCN2C(=O)Nc2cccc(F)c2)[C@H](CO)N3C)c1. The topological polar surface area (TPSA) is 76.1 Å². The van der Waals surface area contributed by atoms with Crippen LogP contribution in [0.3, 0.4) is 0 Å². The fraction of sp³-hybridized carbons (Fsp3) is 0.310. The van der Waals surface area contributed by atoms with Crippen LogP contribution in [0.4, 0.5) is 20.6 Å². The highest BCUT2D eigenvalue weighted by Gasteiger charge is 2.47. The van der Waals surface area contributed by atoms with E-state index in [-0.39, 0.29) is 36.5 Å². The van der Waals surface area contributed by atoms with Gasteiger partial charge in [0.2, 0.25) is 0 Å². The summed E-state index contributed by atoms with van der Waals surface area (Å²) in [5.41, 5.74) is 4.80. The van der Waals surface area contributed by atoms with Gasteiger partial charge in [0, 0.05) is 50.5 Å². The van der Waals surface area contributed by atoms with Crippen LogP contribution in [0.2, 0.25) is 0 Å². The summed E-state index contributed by atoms with van der Waals surface area (Å²) in [7, 11) is 5.43. The molecule has 2 aliphatic heterocycles. The highest BCUT2D eigenvalue weighted by atomic mass is 19.1. The number of aliphatic hydroxyl groups is 1. The van der Waals surface area contributed by atoms with Crippen LogP contribution >= 0.6 is 0 Å². The maximum Gasteiger partial charge on any atom is 0.322 e. The minimum atomic E-state index is -0.415. The zero-order valence-electron chi connectivity index (χ0n) is 21.2. The third-order valence-electron chi connectivity index (χ3n) is 7.54. The molecule has 3 amide bonds. The summed E-state index contributed by atoms with van der Waals surface area (Å²) >= 11 is 0. The van der Waals surface area contributed by atoms with E-state index in [2.05, 4.69) is 16.3 Å². The first-order valence-corrected chi connectivity index (χ1v) is 12.4. The van der Waals surface area contributed by atoms with Crippen molar-refractivity contribution in [3.8, 4) is 11.1 Å². The molecule has 0 aliphatic carbocycles. The number of aliphatic hydroxyl groups excluding tert-OH is 1. The second-order valence-electron chi connectivity index (χ2n) is 9.95. The molecule has 37 heavy (non-hydrogen) atoms. The Balaban J connectivity index is 1.53. The van der Waals surface area contributed by atoms with Gasteiger partial charge in [0.1, 0.15) is 5.82 Å². The van der Waals surface area contributed by atoms with E-state index in [1.807, 2.05) is 37.4 Å². The van der Waals surface area contributed by atoms with E-state index in [0.717, 1.165) is 28.8 Å². The van der Waals surface area contributed by atoms with Crippen LogP contribution in [-0.2, 0) is 0 Å². The lowest BCUT2D eigenvalue weighted by Crippen LogP contribution is -2.48. The number of benzene rings is 3. The molecule has 3 aromatic carbocycles. The lowest BCUT2D eigenvalue weighted by atomic mass is 9.81. The molecule has 2 heterocycles. The number of urea groups is 1. The Morgan fingerprint density at radius 1 is 1.05 bits per heavy atom. The molecule has 5 rings (SSSR count). The van der Waals surface area contributed by atoms with Crippen molar-refractivity contribution in [1.29, 1.82) is 0 Å². The Morgan fingerprint density at radius 2 is 1.81 bits per heavy atom. The molecule has 7 nitrogen and oxygen atoms in total. The number of fused-ring (bicyclic) bond motifs is 3. The summed E-state index contributed by atoms with van der Waals surface area (Å²) < 4.78 is 13.7. The van der Waals surface area contributed by atoms with Crippen molar-refractivity contribution in [2.24, 2.45) is 5.92 Å². The molecule has 3 aromatic rings. The number of likely N-dealkylation sites (N-methyl/N-ethyl adjacent to an activating group) is 1. The first kappa shape index (κ1) is 24.8. The number of nitrogens with zero attached hydrogens (tertiary/aromatic N) is 3. The van der Waals surface area contributed by atoms with Gasteiger partial charge in [-0.1, -0.05) is 24.3 Å². The van der Waals surface area contributed by atoms with Gasteiger partial charge in [-0.15, -0.1) is 0 Å². The number of carbonyl (C=O) groups is 2. The maximum atomic E-state index is 13.7. The van der Waals surface area contributed by atoms with Crippen molar-refractivity contribution >= 4 is 23.3 Å². The average Bonchev–Trinajstić information content (AvgIpc) is 3.33. The van der Waals surface area contributed by atoms with Crippen molar-refractivity contribution in [2.75, 3.05) is 44.5 Å². The number of hydrogen-bond donors (Lipinski definition) is 2. The van der Waals surface area contributed by atoms with Crippen molar-refractivity contribution in [3.05, 3.63) is 83.7 Å². The summed E-state index contributed by atoms with van der Waals surface area (Å²) in [6.45, 7) is 0.504. The van der Waals surface area contributed by atoms with Gasteiger partial charge in [-0.3, -0.25) is 4.79 Å². The van der Waals surface area contributed by atoms with Crippen molar-refractivity contribution < 1.29 is 19.1 Å². The molecule has 0 spiro atoms. The number of carbonyl (C=O) groups excluding carboxylic acids is 2. The molecule has 2 N–H and O–H groups in total. The molecule has 1 fully saturated rings. The second kappa shape index (κ2) is 9.86. The van der Waals surface area contributed by atoms with Crippen LogP contribution in [0.25, 0.3) is 11.1 Å². The second-order valence-corrected chi connectivity index (χ2v) is 9.95. The molecule has 8 heteroatoms. The summed E-state index contributed by atoms with van der Waals surface area (Å²) in [5, 5.41) is 13.1. The van der Waals surface area contributed by atoms with E-state index in [4.69, 9.17) is 0 Å². The lowest BCUT2D eigenvalue weighted by Gasteiger charge is -2.44. The number of halogens is 1. The average molecular weight is 503 g/mol. The van der Waals surface area contributed by atoms with Crippen LogP contribution in [0.1, 0.15) is 28.4 Å². The number of rotatable bonds is 4. The van der Waals surface area contributed by atoms with E-state index in [9.17, 15) is 19.1 Å². The standard InChI is InChI=1S/C29H31FN4O3/c1-32(2)28(36)20-7-4-6-18(14-20)19-10-11-25-24(15-19)27-23(26(17-35)33(25)3)12-13-34(27)29(37)31-22-9-5-8-21(30)16-22/h4-11,14-16,23,26-27,35H,12-13,17H2,1-3H3,(H,31,37)/t23-,26-,27-/m0/s1. The van der Waals surface area contributed by atoms with Crippen molar-refractivity contribution in [1.82, 2.24) is 9.80 Å². The van der Waals surface area contributed by atoms with E-state index in [1.165, 1.54) is 12.1 Å². The predicted molar refractivity (Wildman–Crippen MR) is 142 cm³/mol. The van der Waals surface area contributed by atoms with Gasteiger partial charge in [-0.25, -0.2) is 9.18 Å². The van der Waals surface area contributed by atoms with Gasteiger partial charge in [0.25, 0.3) is 5.91 Å². The molecule has 0 radical (unpaired) electrons. The van der Waals surface area contributed by atoms with Gasteiger partial charge in [-0.05, 0) is 65.6 Å². The molecule has 1 saturated heterocycles. The highest BCUT2D eigenvalue weighted by Crippen LogP contribution is 2.49. The Morgan fingerprint density at radius 3 is 2.54 bits per heavy atom. The number of anilines is 2. The molecule has 0 aromatic heterocycles. The highest BCUT2D eigenvalue weighted by molar-refractivity contribution is 5.95. The van der Waals surface area contributed by atoms with Gasteiger partial charge < -0.3 is 25.1 Å². The Hall–Kier alpha value is -3.91. The summed E-state index contributed by atoms with van der Waals surface area (Å²) in [6.07, 6.45) is 0.743. The summed E-state index contributed by atoms with van der Waals surface area (Å²) in [4.78, 5) is 31.4. The smallest absolute Gasteiger partial charge is 0.322 e. The number of likely N-dealkylation sites (tertiary alicyclic amines) is 1. The first-order valence-electron chi connectivity index (χ1n) is 12.4. The third kappa shape index (κ3) is 4.53. The monoisotopic (exact) mass is 502 g/mol. The molecular formula is C29H31FN4O3. The van der Waals surface area contributed by atoms with Crippen molar-refractivity contribution in [2.45, 2.75) is 18.5 Å². The number of amides is 3. The zero-order valence-corrected chi connectivity index (χ0v) is 21.2. The molecule has 2 aliphatic rings. The van der Waals surface area contributed by atoms with Crippen LogP contribution in [0, 0.1) is 11.7 Å².